The highest BCUT2D eigenvalue weighted by Crippen LogP contribution is 2.25. The Morgan fingerprint density at radius 2 is 2.38 bits per heavy atom. The number of nitrogens with zero attached hydrogens (tertiary/aromatic N) is 2. The molecular weight excluding hydrogens is 162 g/mol. The summed E-state index contributed by atoms with van der Waals surface area (Å²) in [6, 6.07) is 6.69. The second-order valence-corrected chi connectivity index (χ2v) is 3.43. The summed E-state index contributed by atoms with van der Waals surface area (Å²) in [6.45, 7) is 1.13. The van der Waals surface area contributed by atoms with Gasteiger partial charge in [0.05, 0.1) is 11.7 Å². The Hall–Kier alpha value is -1.35. The molecular formula is C10H11N3. The topological polar surface area (TPSA) is 29.3 Å². The van der Waals surface area contributed by atoms with Crippen LogP contribution in [-0.2, 0) is 0 Å². The van der Waals surface area contributed by atoms with Crippen molar-refractivity contribution in [3.8, 4) is 0 Å². The van der Waals surface area contributed by atoms with Crippen LogP contribution in [-0.4, -0.2) is 16.2 Å². The molecule has 0 amide bonds. The van der Waals surface area contributed by atoms with E-state index in [1.165, 1.54) is 17.5 Å². The Kier molecular flexibility index (Phi) is 1.40. The van der Waals surface area contributed by atoms with Crippen LogP contribution in [0.2, 0.25) is 0 Å². The summed E-state index contributed by atoms with van der Waals surface area (Å²) in [7, 11) is 0. The van der Waals surface area contributed by atoms with Gasteiger partial charge in [-0.3, -0.25) is 0 Å². The Labute approximate surface area is 76.4 Å². The van der Waals surface area contributed by atoms with E-state index < -0.39 is 0 Å². The van der Waals surface area contributed by atoms with Crippen LogP contribution in [0.5, 0.6) is 0 Å². The highest BCUT2D eigenvalue weighted by atomic mass is 15.2. The van der Waals surface area contributed by atoms with Gasteiger partial charge in [0.1, 0.15) is 0 Å². The molecule has 1 aliphatic rings. The third-order valence-corrected chi connectivity index (χ3v) is 2.66. The molecule has 0 spiro atoms. The first-order valence-corrected chi connectivity index (χ1v) is 4.61. The molecule has 1 atom stereocenters. The Morgan fingerprint density at radius 1 is 1.46 bits per heavy atom. The Morgan fingerprint density at radius 3 is 3.15 bits per heavy atom. The molecule has 1 aliphatic heterocycles. The minimum absolute atomic E-state index is 0.528. The molecule has 13 heavy (non-hydrogen) atoms. The van der Waals surface area contributed by atoms with E-state index in [9.17, 15) is 0 Å². The highest BCUT2D eigenvalue weighted by Gasteiger charge is 2.21. The second kappa shape index (κ2) is 2.57. The van der Waals surface area contributed by atoms with Crippen molar-refractivity contribution >= 4 is 5.52 Å². The van der Waals surface area contributed by atoms with E-state index in [-0.39, 0.29) is 0 Å². The van der Waals surface area contributed by atoms with Gasteiger partial charge in [0.25, 0.3) is 0 Å². The van der Waals surface area contributed by atoms with Gasteiger partial charge in [-0.25, -0.2) is 4.52 Å². The fraction of sp³-hybridized carbons (Fsp3) is 0.300. The van der Waals surface area contributed by atoms with Gasteiger partial charge in [-0.2, -0.15) is 5.10 Å². The van der Waals surface area contributed by atoms with Crippen LogP contribution in [0, 0.1) is 0 Å². The number of hydrogen-bond acceptors (Lipinski definition) is 2. The molecule has 1 fully saturated rings. The zero-order valence-corrected chi connectivity index (χ0v) is 7.27. The number of aromatic nitrogens is 2. The van der Waals surface area contributed by atoms with E-state index in [1.54, 1.807) is 0 Å². The van der Waals surface area contributed by atoms with Crippen molar-refractivity contribution in [2.24, 2.45) is 0 Å². The quantitative estimate of drug-likeness (QED) is 0.705. The van der Waals surface area contributed by atoms with E-state index in [2.05, 4.69) is 22.5 Å². The van der Waals surface area contributed by atoms with Crippen molar-refractivity contribution in [3.05, 3.63) is 36.2 Å². The number of fused-ring (bicyclic) bond motifs is 1. The maximum absolute atomic E-state index is 4.30. The lowest BCUT2D eigenvalue weighted by molar-refractivity contribution is 0.385. The molecule has 66 valence electrons. The molecule has 2 aromatic rings. The van der Waals surface area contributed by atoms with Gasteiger partial charge < -0.3 is 5.32 Å². The minimum atomic E-state index is 0.528. The second-order valence-electron chi connectivity index (χ2n) is 3.43. The van der Waals surface area contributed by atoms with Gasteiger partial charge in [-0.05, 0) is 25.1 Å². The molecule has 2 aromatic heterocycles. The molecule has 0 saturated carbocycles. The summed E-state index contributed by atoms with van der Waals surface area (Å²) < 4.78 is 1.93. The molecule has 0 aliphatic carbocycles. The van der Waals surface area contributed by atoms with Crippen molar-refractivity contribution < 1.29 is 0 Å². The third kappa shape index (κ3) is 0.971. The maximum Gasteiger partial charge on any atom is 0.0709 e. The van der Waals surface area contributed by atoms with E-state index >= 15 is 0 Å². The fourth-order valence-corrected chi connectivity index (χ4v) is 1.78. The first kappa shape index (κ1) is 7.09. The number of nitrogens with one attached hydrogen (secondary N) is 1. The summed E-state index contributed by atoms with van der Waals surface area (Å²) in [6.07, 6.45) is 5.18. The van der Waals surface area contributed by atoms with Gasteiger partial charge in [-0.15, -0.1) is 0 Å². The van der Waals surface area contributed by atoms with Crippen molar-refractivity contribution in [1.29, 1.82) is 0 Å². The average molecular weight is 173 g/mol. The molecule has 3 rings (SSSR count). The first-order chi connectivity index (χ1) is 6.45. The van der Waals surface area contributed by atoms with Crippen LogP contribution in [0.1, 0.15) is 18.0 Å². The standard InChI is InChI=1S/C10H11N3/c1-2-6-13-10(3-1)8(7-12-13)9-4-5-11-9/h1-3,6-7,9,11H,4-5H2. The highest BCUT2D eigenvalue weighted by molar-refractivity contribution is 5.55. The van der Waals surface area contributed by atoms with E-state index in [0.717, 1.165) is 6.54 Å². The zero-order valence-electron chi connectivity index (χ0n) is 7.27. The summed E-state index contributed by atoms with van der Waals surface area (Å²) in [4.78, 5) is 0. The fourth-order valence-electron chi connectivity index (χ4n) is 1.78. The van der Waals surface area contributed by atoms with Gasteiger partial charge >= 0.3 is 0 Å². The van der Waals surface area contributed by atoms with Crippen LogP contribution in [0.4, 0.5) is 0 Å². The minimum Gasteiger partial charge on any atom is -0.310 e. The third-order valence-electron chi connectivity index (χ3n) is 2.66. The van der Waals surface area contributed by atoms with Crippen LogP contribution < -0.4 is 5.32 Å². The van der Waals surface area contributed by atoms with Gasteiger partial charge in [-0.1, -0.05) is 6.07 Å². The van der Waals surface area contributed by atoms with Crippen LogP contribution in [0.25, 0.3) is 5.52 Å². The number of hydrogen-bond donors (Lipinski definition) is 1. The van der Waals surface area contributed by atoms with Crippen molar-refractivity contribution in [1.82, 2.24) is 14.9 Å². The first-order valence-electron chi connectivity index (χ1n) is 4.61. The van der Waals surface area contributed by atoms with Crippen LogP contribution >= 0.6 is 0 Å². The summed E-state index contributed by atoms with van der Waals surface area (Å²) in [5, 5.41) is 7.68. The van der Waals surface area contributed by atoms with Crippen molar-refractivity contribution in [2.75, 3.05) is 6.54 Å². The van der Waals surface area contributed by atoms with E-state index in [0.29, 0.717) is 6.04 Å². The van der Waals surface area contributed by atoms with Crippen molar-refractivity contribution in [3.63, 3.8) is 0 Å². The lowest BCUT2D eigenvalue weighted by atomic mass is 10.00. The van der Waals surface area contributed by atoms with Gasteiger partial charge in [0, 0.05) is 17.8 Å². The lowest BCUT2D eigenvalue weighted by Gasteiger charge is -2.26. The predicted octanol–water partition coefficient (Wildman–Crippen LogP) is 1.37. The van der Waals surface area contributed by atoms with Crippen LogP contribution in [0.15, 0.2) is 30.6 Å². The summed E-state index contributed by atoms with van der Waals surface area (Å²) in [5.41, 5.74) is 2.55. The molecule has 1 unspecified atom stereocenters. The van der Waals surface area contributed by atoms with E-state index in [1.807, 2.05) is 23.0 Å². The molecule has 0 bridgehead atoms. The number of rotatable bonds is 1. The molecule has 1 N–H and O–H groups in total. The molecule has 0 aromatic carbocycles. The SMILES string of the molecule is c1ccn2ncc(C3CCN3)c2c1. The zero-order chi connectivity index (χ0) is 8.67. The molecule has 3 heterocycles. The van der Waals surface area contributed by atoms with Crippen molar-refractivity contribution in [2.45, 2.75) is 12.5 Å². The number of pyridine rings is 1. The van der Waals surface area contributed by atoms with E-state index in [4.69, 9.17) is 0 Å². The molecule has 3 heteroatoms. The van der Waals surface area contributed by atoms with Crippen LogP contribution in [0.3, 0.4) is 0 Å². The molecule has 0 radical (unpaired) electrons. The Balaban J connectivity index is 2.17. The monoisotopic (exact) mass is 173 g/mol. The predicted molar refractivity (Wildman–Crippen MR) is 50.6 cm³/mol. The Bertz CT molecular complexity index is 428. The summed E-state index contributed by atoms with van der Waals surface area (Å²) >= 11 is 0. The smallest absolute Gasteiger partial charge is 0.0709 e. The average Bonchev–Trinajstić information content (AvgIpc) is 2.47. The summed E-state index contributed by atoms with van der Waals surface area (Å²) in [5.74, 6) is 0. The molecule has 1 saturated heterocycles. The normalized spacial score (nSPS) is 21.7. The van der Waals surface area contributed by atoms with Gasteiger partial charge in [0.15, 0.2) is 0 Å². The largest absolute Gasteiger partial charge is 0.310 e. The molecule has 3 nitrogen and oxygen atoms in total. The lowest BCUT2D eigenvalue weighted by Crippen LogP contribution is -2.34. The van der Waals surface area contributed by atoms with Gasteiger partial charge in [0.2, 0.25) is 0 Å². The maximum atomic E-state index is 4.30.